The van der Waals surface area contributed by atoms with Crippen LogP contribution in [0, 0.1) is 0 Å². The first-order chi connectivity index (χ1) is 10.2. The second-order valence-electron chi connectivity index (χ2n) is 5.28. The maximum absolute atomic E-state index is 12.8. The SMILES string of the molecule is CCn1c2[n+](c3ccc(Cl)cc3c1=O)Cc1ccccc1-2. The van der Waals surface area contributed by atoms with E-state index in [4.69, 9.17) is 11.6 Å². The van der Waals surface area contributed by atoms with Crippen molar-refractivity contribution in [2.75, 3.05) is 0 Å². The summed E-state index contributed by atoms with van der Waals surface area (Å²) < 4.78 is 4.05. The molecular weight excluding hydrogens is 284 g/mol. The van der Waals surface area contributed by atoms with Gasteiger partial charge in [0.25, 0.3) is 5.82 Å². The molecule has 0 amide bonds. The molecule has 1 aliphatic rings. The largest absolute Gasteiger partial charge is 0.345 e. The number of nitrogens with zero attached hydrogens (tertiary/aromatic N) is 2. The Kier molecular flexibility index (Phi) is 2.66. The minimum atomic E-state index is 0.0259. The quantitative estimate of drug-likeness (QED) is 0.496. The Hall–Kier alpha value is -2.13. The molecule has 21 heavy (non-hydrogen) atoms. The van der Waals surface area contributed by atoms with Crippen LogP contribution in [0.5, 0.6) is 0 Å². The van der Waals surface area contributed by atoms with Gasteiger partial charge in [0.1, 0.15) is 17.4 Å². The van der Waals surface area contributed by atoms with Crippen molar-refractivity contribution in [3.63, 3.8) is 0 Å². The highest BCUT2D eigenvalue weighted by Crippen LogP contribution is 2.27. The fraction of sp³-hybridized carbons (Fsp3) is 0.176. The lowest BCUT2D eigenvalue weighted by Gasteiger charge is -2.07. The van der Waals surface area contributed by atoms with Crippen LogP contribution in [-0.4, -0.2) is 4.57 Å². The number of benzene rings is 2. The molecule has 3 aromatic rings. The van der Waals surface area contributed by atoms with Gasteiger partial charge >= 0.3 is 5.56 Å². The zero-order valence-corrected chi connectivity index (χ0v) is 12.4. The Morgan fingerprint density at radius 3 is 2.86 bits per heavy atom. The Morgan fingerprint density at radius 1 is 1.24 bits per heavy atom. The second kappa shape index (κ2) is 4.43. The standard InChI is InChI=1S/C17H14ClN2O/c1-2-19-16-13-6-4-3-5-11(13)10-20(16)15-8-7-12(18)9-14(15)17(19)21/h3-9H,2,10H2,1H3/q+1. The topological polar surface area (TPSA) is 25.9 Å². The van der Waals surface area contributed by atoms with Crippen LogP contribution in [0.2, 0.25) is 5.02 Å². The lowest BCUT2D eigenvalue weighted by molar-refractivity contribution is -0.649. The molecule has 2 aromatic carbocycles. The Bertz CT molecular complexity index is 943. The van der Waals surface area contributed by atoms with Crippen LogP contribution in [0.25, 0.3) is 22.3 Å². The van der Waals surface area contributed by atoms with E-state index in [2.05, 4.69) is 16.7 Å². The summed E-state index contributed by atoms with van der Waals surface area (Å²) in [5.74, 6) is 0.993. The van der Waals surface area contributed by atoms with E-state index < -0.39 is 0 Å². The number of halogens is 1. The molecular formula is C17H14ClN2O+. The van der Waals surface area contributed by atoms with Gasteiger partial charge in [-0.3, -0.25) is 0 Å². The molecule has 0 bridgehead atoms. The van der Waals surface area contributed by atoms with Gasteiger partial charge in [-0.15, -0.1) is 0 Å². The van der Waals surface area contributed by atoms with Crippen LogP contribution in [-0.2, 0) is 13.1 Å². The van der Waals surface area contributed by atoms with Gasteiger partial charge < -0.3 is 0 Å². The summed E-state index contributed by atoms with van der Waals surface area (Å²) in [5.41, 5.74) is 3.37. The summed E-state index contributed by atoms with van der Waals surface area (Å²) >= 11 is 6.07. The van der Waals surface area contributed by atoms with Crippen LogP contribution in [0.1, 0.15) is 12.5 Å². The molecule has 0 atom stereocenters. The molecule has 0 fully saturated rings. The van der Waals surface area contributed by atoms with Gasteiger partial charge in [-0.2, -0.15) is 4.57 Å². The Labute approximate surface area is 127 Å². The van der Waals surface area contributed by atoms with Crippen LogP contribution in [0.3, 0.4) is 0 Å². The van der Waals surface area contributed by atoms with E-state index in [1.807, 2.05) is 35.8 Å². The molecule has 0 saturated heterocycles. The molecule has 3 nitrogen and oxygen atoms in total. The Morgan fingerprint density at radius 2 is 2.05 bits per heavy atom. The molecule has 0 N–H and O–H groups in total. The van der Waals surface area contributed by atoms with Gasteiger partial charge in [-0.25, -0.2) is 9.36 Å². The van der Waals surface area contributed by atoms with Crippen molar-refractivity contribution in [3.05, 3.63) is 63.4 Å². The number of fused-ring (bicyclic) bond motifs is 5. The average molecular weight is 298 g/mol. The van der Waals surface area contributed by atoms with Crippen molar-refractivity contribution in [3.8, 4) is 11.4 Å². The third-order valence-electron chi connectivity index (χ3n) is 4.14. The van der Waals surface area contributed by atoms with Crippen molar-refractivity contribution in [2.24, 2.45) is 0 Å². The van der Waals surface area contributed by atoms with E-state index in [9.17, 15) is 4.79 Å². The number of rotatable bonds is 1. The minimum absolute atomic E-state index is 0.0259. The number of hydrogen-bond donors (Lipinski definition) is 0. The van der Waals surface area contributed by atoms with Gasteiger partial charge in [0.15, 0.2) is 0 Å². The zero-order valence-electron chi connectivity index (χ0n) is 11.6. The van der Waals surface area contributed by atoms with Crippen molar-refractivity contribution < 1.29 is 4.57 Å². The van der Waals surface area contributed by atoms with Crippen LogP contribution in [0.4, 0.5) is 0 Å². The maximum atomic E-state index is 12.8. The molecule has 0 spiro atoms. The molecule has 1 aliphatic heterocycles. The number of aromatic nitrogens is 2. The zero-order chi connectivity index (χ0) is 14.6. The first-order valence-corrected chi connectivity index (χ1v) is 7.42. The van der Waals surface area contributed by atoms with Gasteiger partial charge in [0.05, 0.1) is 12.1 Å². The second-order valence-corrected chi connectivity index (χ2v) is 5.71. The maximum Gasteiger partial charge on any atom is 0.345 e. The lowest BCUT2D eigenvalue weighted by atomic mass is 10.1. The smallest absolute Gasteiger partial charge is 0.241 e. The normalized spacial score (nSPS) is 12.5. The summed E-state index contributed by atoms with van der Waals surface area (Å²) in [6.45, 7) is 3.44. The third-order valence-corrected chi connectivity index (χ3v) is 4.37. The first kappa shape index (κ1) is 12.6. The van der Waals surface area contributed by atoms with E-state index in [1.165, 1.54) is 5.56 Å². The highest BCUT2D eigenvalue weighted by Gasteiger charge is 2.31. The summed E-state index contributed by atoms with van der Waals surface area (Å²) in [6.07, 6.45) is 0. The molecule has 104 valence electrons. The molecule has 0 aliphatic carbocycles. The fourth-order valence-electron chi connectivity index (χ4n) is 3.21. The molecule has 2 heterocycles. The summed E-state index contributed by atoms with van der Waals surface area (Å²) in [6, 6.07) is 13.8. The molecule has 0 saturated carbocycles. The summed E-state index contributed by atoms with van der Waals surface area (Å²) in [4.78, 5) is 12.8. The van der Waals surface area contributed by atoms with Gasteiger partial charge in [0, 0.05) is 10.6 Å². The predicted molar refractivity (Wildman–Crippen MR) is 83.6 cm³/mol. The lowest BCUT2D eigenvalue weighted by Crippen LogP contribution is -2.41. The molecule has 1 aromatic heterocycles. The van der Waals surface area contributed by atoms with Crippen molar-refractivity contribution in [2.45, 2.75) is 20.0 Å². The number of hydrogen-bond acceptors (Lipinski definition) is 1. The van der Waals surface area contributed by atoms with Crippen molar-refractivity contribution >= 4 is 22.5 Å². The highest BCUT2D eigenvalue weighted by molar-refractivity contribution is 6.31. The molecule has 0 radical (unpaired) electrons. The highest BCUT2D eigenvalue weighted by atomic mass is 35.5. The Balaban J connectivity index is 2.21. The minimum Gasteiger partial charge on any atom is -0.241 e. The summed E-state index contributed by atoms with van der Waals surface area (Å²) in [7, 11) is 0. The van der Waals surface area contributed by atoms with Crippen molar-refractivity contribution in [1.29, 1.82) is 0 Å². The van der Waals surface area contributed by atoms with Crippen LogP contribution in [0.15, 0.2) is 47.3 Å². The van der Waals surface area contributed by atoms with Crippen LogP contribution < -0.4 is 10.1 Å². The fourth-order valence-corrected chi connectivity index (χ4v) is 3.38. The molecule has 0 unspecified atom stereocenters. The average Bonchev–Trinajstić information content (AvgIpc) is 2.87. The van der Waals surface area contributed by atoms with Gasteiger partial charge in [-0.05, 0) is 31.2 Å². The van der Waals surface area contributed by atoms with E-state index in [-0.39, 0.29) is 5.56 Å². The first-order valence-electron chi connectivity index (χ1n) is 7.05. The van der Waals surface area contributed by atoms with Gasteiger partial charge in [-0.1, -0.05) is 29.8 Å². The van der Waals surface area contributed by atoms with E-state index in [0.717, 1.165) is 23.4 Å². The van der Waals surface area contributed by atoms with Crippen LogP contribution >= 0.6 is 11.6 Å². The third kappa shape index (κ3) is 1.67. The monoisotopic (exact) mass is 297 g/mol. The van der Waals surface area contributed by atoms with E-state index in [1.54, 1.807) is 6.07 Å². The summed E-state index contributed by atoms with van der Waals surface area (Å²) in [5, 5.41) is 1.28. The van der Waals surface area contributed by atoms with E-state index in [0.29, 0.717) is 17.0 Å². The predicted octanol–water partition coefficient (Wildman–Crippen LogP) is 2.99. The molecule has 4 heteroatoms. The molecule has 4 rings (SSSR count). The van der Waals surface area contributed by atoms with E-state index >= 15 is 0 Å². The van der Waals surface area contributed by atoms with Crippen molar-refractivity contribution in [1.82, 2.24) is 4.57 Å². The van der Waals surface area contributed by atoms with Gasteiger partial charge in [0.2, 0.25) is 0 Å².